The number of carbonyl (C=O) groups is 3. The Kier molecular flexibility index (Phi) is 8.69. The maximum atomic E-state index is 14.5. The summed E-state index contributed by atoms with van der Waals surface area (Å²) < 4.78 is 28.0. The number of anilines is 1. The number of pyridine rings is 1. The molecule has 1 aliphatic carbocycles. The molecule has 3 aromatic rings. The molecule has 0 bridgehead atoms. The first kappa shape index (κ1) is 34.4. The number of nitrogens with zero attached hydrogens (tertiary/aromatic N) is 4. The molecule has 1 atom stereocenters. The standard InChI is InChI=1S/C35H45ClFN5O5Si/c1-33(2,3)47-32(45)39-28-18-26(36)29-27(38-28)17-23(41(29)21-46-14-15-48(5,6)7)19-42-30(43)24-16-22(37)8-9-25(24)35(42)12-13-40(31(35)44)20-34(4)10-11-34/h8-9,16-18H,10-15,19-21H2,1-7H3,(H,38,39,45)/t35-/m0/s1. The van der Waals surface area contributed by atoms with Gasteiger partial charge in [0.2, 0.25) is 0 Å². The molecule has 2 fully saturated rings. The van der Waals surface area contributed by atoms with E-state index in [4.69, 9.17) is 21.1 Å². The topological polar surface area (TPSA) is 106 Å². The van der Waals surface area contributed by atoms with Gasteiger partial charge in [0.25, 0.3) is 11.8 Å². The number of nitrogens with one attached hydrogen (secondary N) is 1. The van der Waals surface area contributed by atoms with E-state index in [9.17, 15) is 18.8 Å². The number of likely N-dealkylation sites (tertiary alicyclic amines) is 1. The van der Waals surface area contributed by atoms with Crippen molar-refractivity contribution in [2.45, 2.75) is 97.1 Å². The Morgan fingerprint density at radius 1 is 1.12 bits per heavy atom. The molecule has 2 aliphatic heterocycles. The Morgan fingerprint density at radius 3 is 2.52 bits per heavy atom. The van der Waals surface area contributed by atoms with E-state index in [1.54, 1.807) is 43.9 Å². The van der Waals surface area contributed by atoms with Crippen molar-refractivity contribution in [3.63, 3.8) is 0 Å². The van der Waals surface area contributed by atoms with Crippen LogP contribution in [0.4, 0.5) is 15.0 Å². The minimum Gasteiger partial charge on any atom is -0.444 e. The second-order valence-corrected chi connectivity index (χ2v) is 22.0. The van der Waals surface area contributed by atoms with Crippen molar-refractivity contribution in [2.75, 3.05) is 25.0 Å². The first-order valence-corrected chi connectivity index (χ1v) is 20.7. The molecule has 0 radical (unpaired) electrons. The Labute approximate surface area is 286 Å². The number of benzene rings is 1. The van der Waals surface area contributed by atoms with Gasteiger partial charge in [0.1, 0.15) is 29.5 Å². The number of aromatic nitrogens is 2. The summed E-state index contributed by atoms with van der Waals surface area (Å²) in [6.45, 7) is 16.2. The average molecular weight is 698 g/mol. The van der Waals surface area contributed by atoms with E-state index in [1.807, 2.05) is 9.47 Å². The summed E-state index contributed by atoms with van der Waals surface area (Å²) in [6.07, 6.45) is 1.86. The van der Waals surface area contributed by atoms with Crippen LogP contribution in [0, 0.1) is 11.2 Å². The van der Waals surface area contributed by atoms with Crippen molar-refractivity contribution < 1.29 is 28.2 Å². The molecule has 2 aromatic heterocycles. The maximum Gasteiger partial charge on any atom is 0.413 e. The molecule has 0 unspecified atom stereocenters. The number of amides is 3. The Morgan fingerprint density at radius 2 is 1.85 bits per heavy atom. The number of hydrogen-bond donors (Lipinski definition) is 1. The minimum atomic E-state index is -1.38. The van der Waals surface area contributed by atoms with Gasteiger partial charge in [0.05, 0.1) is 22.6 Å². The van der Waals surface area contributed by atoms with Crippen LogP contribution in [0.2, 0.25) is 30.7 Å². The van der Waals surface area contributed by atoms with E-state index < -0.39 is 37.0 Å². The second kappa shape index (κ2) is 12.1. The number of hydrogen-bond acceptors (Lipinski definition) is 6. The van der Waals surface area contributed by atoms with Crippen LogP contribution in [0.1, 0.15) is 68.6 Å². The van der Waals surface area contributed by atoms with Gasteiger partial charge in [-0.2, -0.15) is 0 Å². The van der Waals surface area contributed by atoms with Crippen LogP contribution in [0.25, 0.3) is 11.0 Å². The Bertz CT molecular complexity index is 1800. The van der Waals surface area contributed by atoms with Gasteiger partial charge in [0.15, 0.2) is 0 Å². The normalized spacial score (nSPS) is 20.3. The van der Waals surface area contributed by atoms with E-state index in [1.165, 1.54) is 12.1 Å². The van der Waals surface area contributed by atoms with Crippen LogP contribution in [-0.4, -0.2) is 70.6 Å². The molecule has 13 heteroatoms. The van der Waals surface area contributed by atoms with Crippen LogP contribution < -0.4 is 5.32 Å². The van der Waals surface area contributed by atoms with Crippen molar-refractivity contribution in [2.24, 2.45) is 5.41 Å². The zero-order valence-corrected chi connectivity index (χ0v) is 30.6. The van der Waals surface area contributed by atoms with Crippen LogP contribution in [-0.2, 0) is 33.1 Å². The summed E-state index contributed by atoms with van der Waals surface area (Å²) in [6, 6.07) is 8.45. The first-order chi connectivity index (χ1) is 22.4. The lowest BCUT2D eigenvalue weighted by atomic mass is 9.87. The first-order valence-electron chi connectivity index (χ1n) is 16.6. The Hall–Kier alpha value is -3.48. The average Bonchev–Trinajstić information content (AvgIpc) is 3.37. The van der Waals surface area contributed by atoms with Gasteiger partial charge < -0.3 is 23.8 Å². The predicted octanol–water partition coefficient (Wildman–Crippen LogP) is 7.37. The van der Waals surface area contributed by atoms with E-state index >= 15 is 0 Å². The third-order valence-corrected chi connectivity index (χ3v) is 11.5. The molecule has 6 rings (SSSR count). The maximum absolute atomic E-state index is 14.5. The van der Waals surface area contributed by atoms with Crippen molar-refractivity contribution in [3.8, 4) is 0 Å². The monoisotopic (exact) mass is 697 g/mol. The molecular weight excluding hydrogens is 653 g/mol. The van der Waals surface area contributed by atoms with Gasteiger partial charge in [-0.05, 0) is 63.3 Å². The molecule has 1 saturated carbocycles. The quantitative estimate of drug-likeness (QED) is 0.175. The van der Waals surface area contributed by atoms with Gasteiger partial charge in [-0.15, -0.1) is 0 Å². The van der Waals surface area contributed by atoms with Gasteiger partial charge in [-0.3, -0.25) is 14.9 Å². The summed E-state index contributed by atoms with van der Waals surface area (Å²) in [5, 5.41) is 2.98. The van der Waals surface area contributed by atoms with Gasteiger partial charge in [-0.1, -0.05) is 44.2 Å². The fraction of sp³-hybridized carbons (Fsp3) is 0.543. The van der Waals surface area contributed by atoms with Crippen LogP contribution in [0.3, 0.4) is 0 Å². The number of halogens is 2. The van der Waals surface area contributed by atoms with Crippen LogP contribution >= 0.6 is 11.6 Å². The molecule has 1 aromatic carbocycles. The lowest BCUT2D eigenvalue weighted by Crippen LogP contribution is -2.50. The highest BCUT2D eigenvalue weighted by molar-refractivity contribution is 6.76. The zero-order chi connectivity index (χ0) is 34.8. The van der Waals surface area contributed by atoms with Crippen LogP contribution in [0.5, 0.6) is 0 Å². The SMILES string of the molecule is CC1(CN2CC[C@@]3(C2=O)c2ccc(F)cc2C(=O)N3Cc2cc3nc(NC(=O)OC(C)(C)C)cc(Cl)c3n2COCC[Si](C)(C)C)CC1. The number of fused-ring (bicyclic) bond motifs is 3. The fourth-order valence-corrected chi connectivity index (χ4v) is 7.75. The molecule has 4 heterocycles. The third kappa shape index (κ3) is 6.71. The number of rotatable bonds is 10. The second-order valence-electron chi connectivity index (χ2n) is 16.0. The van der Waals surface area contributed by atoms with Crippen molar-refractivity contribution in [3.05, 3.63) is 58.0 Å². The summed E-state index contributed by atoms with van der Waals surface area (Å²) in [5.41, 5.74) is 0.558. The van der Waals surface area contributed by atoms with Gasteiger partial charge >= 0.3 is 6.09 Å². The largest absolute Gasteiger partial charge is 0.444 e. The highest BCUT2D eigenvalue weighted by Gasteiger charge is 2.60. The van der Waals surface area contributed by atoms with E-state index in [-0.39, 0.29) is 36.0 Å². The third-order valence-electron chi connectivity index (χ3n) is 9.48. The smallest absolute Gasteiger partial charge is 0.413 e. The van der Waals surface area contributed by atoms with Gasteiger partial charge in [-0.25, -0.2) is 14.2 Å². The lowest BCUT2D eigenvalue weighted by molar-refractivity contribution is -0.138. The number of carbonyl (C=O) groups excluding carboxylic acids is 3. The van der Waals surface area contributed by atoms with E-state index in [2.05, 4.69) is 36.9 Å². The van der Waals surface area contributed by atoms with Crippen molar-refractivity contribution >= 4 is 54.4 Å². The lowest BCUT2D eigenvalue weighted by Gasteiger charge is -2.35. The molecule has 1 N–H and O–H groups in total. The molecule has 1 saturated heterocycles. The van der Waals surface area contributed by atoms with Crippen LogP contribution in [0.15, 0.2) is 30.3 Å². The Balaban J connectivity index is 1.39. The van der Waals surface area contributed by atoms with Crippen molar-refractivity contribution in [1.82, 2.24) is 19.4 Å². The van der Waals surface area contributed by atoms with E-state index in [0.717, 1.165) is 18.9 Å². The van der Waals surface area contributed by atoms with E-state index in [0.29, 0.717) is 53.4 Å². The summed E-state index contributed by atoms with van der Waals surface area (Å²) in [4.78, 5) is 49.3. The molecule has 258 valence electrons. The van der Waals surface area contributed by atoms with Crippen molar-refractivity contribution in [1.29, 1.82) is 0 Å². The molecule has 1 spiro atoms. The summed E-state index contributed by atoms with van der Waals surface area (Å²) >= 11 is 6.86. The highest BCUT2D eigenvalue weighted by atomic mass is 35.5. The molecule has 48 heavy (non-hydrogen) atoms. The zero-order valence-electron chi connectivity index (χ0n) is 28.8. The minimum absolute atomic E-state index is 0.0326. The summed E-state index contributed by atoms with van der Waals surface area (Å²) in [7, 11) is -1.38. The summed E-state index contributed by atoms with van der Waals surface area (Å²) in [5.74, 6) is -0.863. The molecule has 10 nitrogen and oxygen atoms in total. The highest BCUT2D eigenvalue weighted by Crippen LogP contribution is 2.51. The fourth-order valence-electron chi connectivity index (χ4n) is 6.69. The number of ether oxygens (including phenoxy) is 2. The molecular formula is C35H45ClFN5O5Si. The predicted molar refractivity (Wildman–Crippen MR) is 185 cm³/mol. The van der Waals surface area contributed by atoms with Gasteiger partial charge in [0, 0.05) is 57.1 Å². The molecule has 3 aliphatic rings. The molecule has 3 amide bonds.